The number of carbonyl (C=O) groups is 1. The van der Waals surface area contributed by atoms with E-state index in [9.17, 15) is 4.79 Å². The van der Waals surface area contributed by atoms with Crippen molar-refractivity contribution < 1.29 is 4.79 Å². The van der Waals surface area contributed by atoms with Crippen LogP contribution in [0.25, 0.3) is 22.0 Å². The number of hydrogen-bond acceptors (Lipinski definition) is 3. The van der Waals surface area contributed by atoms with Gasteiger partial charge in [0.15, 0.2) is 0 Å². The highest BCUT2D eigenvalue weighted by Gasteiger charge is 2.18. The highest BCUT2D eigenvalue weighted by Crippen LogP contribution is 2.36. The van der Waals surface area contributed by atoms with Gasteiger partial charge in [0.2, 0.25) is 0 Å². The molecule has 6 heteroatoms. The molecular weight excluding hydrogens is 428 g/mol. The Hall–Kier alpha value is -3.25. The summed E-state index contributed by atoms with van der Waals surface area (Å²) in [6.07, 6.45) is 3.77. The summed E-state index contributed by atoms with van der Waals surface area (Å²) < 4.78 is 0.992. The van der Waals surface area contributed by atoms with E-state index in [1.165, 1.54) is 21.9 Å². The molecule has 0 bridgehead atoms. The molecule has 0 fully saturated rings. The molecule has 0 unspecified atom stereocenters. The van der Waals surface area contributed by atoms with Crippen molar-refractivity contribution >= 4 is 38.8 Å². The van der Waals surface area contributed by atoms with Gasteiger partial charge in [-0.15, -0.1) is 0 Å². The highest BCUT2D eigenvalue weighted by molar-refractivity contribution is 9.10. The van der Waals surface area contributed by atoms with Gasteiger partial charge < -0.3 is 0 Å². The number of hydrazone groups is 1. The Morgan fingerprint density at radius 2 is 1.86 bits per heavy atom. The van der Waals surface area contributed by atoms with Crippen molar-refractivity contribution in [3.05, 3.63) is 87.5 Å². The lowest BCUT2D eigenvalue weighted by atomic mass is 9.98. The van der Waals surface area contributed by atoms with Crippen LogP contribution in [0, 0.1) is 0 Å². The van der Waals surface area contributed by atoms with Crippen molar-refractivity contribution in [3.63, 3.8) is 0 Å². The van der Waals surface area contributed by atoms with E-state index in [0.717, 1.165) is 34.1 Å². The summed E-state index contributed by atoms with van der Waals surface area (Å²) >= 11 is 3.39. The number of amides is 1. The summed E-state index contributed by atoms with van der Waals surface area (Å²) in [6.45, 7) is 0. The van der Waals surface area contributed by atoms with Crippen LogP contribution in [0.4, 0.5) is 0 Å². The Morgan fingerprint density at radius 3 is 2.69 bits per heavy atom. The van der Waals surface area contributed by atoms with Gasteiger partial charge in [0, 0.05) is 10.0 Å². The second kappa shape index (κ2) is 7.29. The normalized spacial score (nSPS) is 12.7. The molecule has 0 atom stereocenters. The number of nitrogens with one attached hydrogen (secondary N) is 2. The maximum atomic E-state index is 12.4. The van der Waals surface area contributed by atoms with Crippen molar-refractivity contribution in [2.45, 2.75) is 12.8 Å². The fourth-order valence-corrected chi connectivity index (χ4v) is 4.09. The van der Waals surface area contributed by atoms with Gasteiger partial charge in [-0.2, -0.15) is 10.2 Å². The zero-order valence-corrected chi connectivity index (χ0v) is 17.0. The zero-order chi connectivity index (χ0) is 19.8. The summed E-state index contributed by atoms with van der Waals surface area (Å²) in [5, 5.41) is 13.7. The summed E-state index contributed by atoms with van der Waals surface area (Å²) in [7, 11) is 0. The quantitative estimate of drug-likeness (QED) is 0.348. The van der Waals surface area contributed by atoms with E-state index in [4.69, 9.17) is 0 Å². The first-order valence-electron chi connectivity index (χ1n) is 9.37. The largest absolute Gasteiger partial charge is 0.289 e. The molecule has 2 N–H and O–H groups in total. The van der Waals surface area contributed by atoms with Gasteiger partial charge in [0.25, 0.3) is 5.91 Å². The highest BCUT2D eigenvalue weighted by atomic mass is 79.9. The van der Waals surface area contributed by atoms with Crippen LogP contribution in [0.15, 0.2) is 70.2 Å². The van der Waals surface area contributed by atoms with Gasteiger partial charge in [-0.25, -0.2) is 5.43 Å². The number of aromatic amines is 1. The molecule has 0 radical (unpaired) electrons. The maximum absolute atomic E-state index is 12.4. The summed E-state index contributed by atoms with van der Waals surface area (Å²) in [6, 6.07) is 20.1. The number of carbonyl (C=O) groups excluding carboxylic acids is 1. The second-order valence-corrected chi connectivity index (χ2v) is 7.95. The molecular formula is C23H17BrN4O. The number of rotatable bonds is 4. The number of halogens is 1. The minimum absolute atomic E-state index is 0.331. The van der Waals surface area contributed by atoms with E-state index in [2.05, 4.69) is 67.0 Å². The first-order valence-corrected chi connectivity index (χ1v) is 10.2. The second-order valence-electron chi connectivity index (χ2n) is 7.03. The average Bonchev–Trinajstić information content (AvgIpc) is 3.39. The molecule has 0 saturated carbocycles. The van der Waals surface area contributed by atoms with Crippen molar-refractivity contribution in [3.8, 4) is 11.3 Å². The first-order chi connectivity index (χ1) is 14.2. The first kappa shape index (κ1) is 17.8. The van der Waals surface area contributed by atoms with Gasteiger partial charge >= 0.3 is 0 Å². The third kappa shape index (κ3) is 3.36. The predicted molar refractivity (Wildman–Crippen MR) is 118 cm³/mol. The van der Waals surface area contributed by atoms with E-state index in [1.54, 1.807) is 12.3 Å². The lowest BCUT2D eigenvalue weighted by Gasteiger charge is -2.06. The number of nitrogens with zero attached hydrogens (tertiary/aromatic N) is 2. The standard InChI is InChI=1S/C23H17BrN4O/c24-17-9-4-14(5-10-17)13-25-28-23(29)21-12-20(26-27-21)18-11-8-16-7-6-15-2-1-3-19(18)22(15)16/h1-5,8-13H,6-7H2,(H,26,27)(H,28,29). The molecule has 4 aromatic rings. The fourth-order valence-electron chi connectivity index (χ4n) is 3.82. The lowest BCUT2D eigenvalue weighted by Crippen LogP contribution is -2.17. The van der Waals surface area contributed by atoms with Crippen molar-refractivity contribution in [1.29, 1.82) is 0 Å². The molecule has 0 spiro atoms. The van der Waals surface area contributed by atoms with E-state index in [-0.39, 0.29) is 5.91 Å². The van der Waals surface area contributed by atoms with E-state index in [0.29, 0.717) is 5.69 Å². The molecule has 3 aromatic carbocycles. The van der Waals surface area contributed by atoms with E-state index in [1.807, 2.05) is 24.3 Å². The number of hydrogen-bond donors (Lipinski definition) is 2. The minimum atomic E-state index is -0.331. The topological polar surface area (TPSA) is 70.1 Å². The molecule has 0 saturated heterocycles. The maximum Gasteiger partial charge on any atom is 0.289 e. The SMILES string of the molecule is O=C(NN=Cc1ccc(Br)cc1)c1cc(-c2ccc3c4c(cccc24)CC3)n[nH]1. The van der Waals surface area contributed by atoms with E-state index < -0.39 is 0 Å². The molecule has 1 aromatic heterocycles. The van der Waals surface area contributed by atoms with Gasteiger partial charge in [-0.3, -0.25) is 9.89 Å². The molecule has 1 aliphatic carbocycles. The summed E-state index contributed by atoms with van der Waals surface area (Å²) in [5.74, 6) is -0.331. The number of H-pyrrole nitrogens is 1. The van der Waals surface area contributed by atoms with E-state index >= 15 is 0 Å². The van der Waals surface area contributed by atoms with Crippen LogP contribution < -0.4 is 5.43 Å². The van der Waals surface area contributed by atoms with Crippen LogP contribution in [0.3, 0.4) is 0 Å². The Bertz CT molecular complexity index is 1250. The Morgan fingerprint density at radius 1 is 1.07 bits per heavy atom. The molecule has 0 aliphatic heterocycles. The molecule has 1 aliphatic rings. The Balaban J connectivity index is 1.38. The predicted octanol–water partition coefficient (Wildman–Crippen LogP) is 4.85. The smallest absolute Gasteiger partial charge is 0.272 e. The number of aromatic nitrogens is 2. The van der Waals surface area contributed by atoms with Gasteiger partial charge in [-0.05, 0) is 58.5 Å². The molecule has 1 heterocycles. The third-order valence-electron chi connectivity index (χ3n) is 5.23. The van der Waals surface area contributed by atoms with Crippen LogP contribution in [-0.2, 0) is 12.8 Å². The van der Waals surface area contributed by atoms with Crippen LogP contribution in [-0.4, -0.2) is 22.3 Å². The van der Waals surface area contributed by atoms with Crippen LogP contribution >= 0.6 is 15.9 Å². The Labute approximate surface area is 176 Å². The minimum Gasteiger partial charge on any atom is -0.272 e. The monoisotopic (exact) mass is 444 g/mol. The summed E-state index contributed by atoms with van der Waals surface area (Å²) in [4.78, 5) is 12.4. The van der Waals surface area contributed by atoms with Crippen LogP contribution in [0.1, 0.15) is 27.2 Å². The summed E-state index contributed by atoms with van der Waals surface area (Å²) in [5.41, 5.74) is 8.36. The van der Waals surface area contributed by atoms with Crippen LogP contribution in [0.5, 0.6) is 0 Å². The van der Waals surface area contributed by atoms with Crippen molar-refractivity contribution in [2.24, 2.45) is 5.10 Å². The van der Waals surface area contributed by atoms with Crippen molar-refractivity contribution in [2.75, 3.05) is 0 Å². The zero-order valence-electron chi connectivity index (χ0n) is 15.4. The van der Waals surface area contributed by atoms with Gasteiger partial charge in [0.05, 0.1) is 11.9 Å². The number of benzene rings is 3. The van der Waals surface area contributed by atoms with Crippen LogP contribution in [0.2, 0.25) is 0 Å². The van der Waals surface area contributed by atoms with Gasteiger partial charge in [0.1, 0.15) is 5.69 Å². The average molecular weight is 445 g/mol. The van der Waals surface area contributed by atoms with Gasteiger partial charge in [-0.1, -0.05) is 58.4 Å². The number of aryl methyl sites for hydroxylation is 2. The third-order valence-corrected chi connectivity index (χ3v) is 5.75. The lowest BCUT2D eigenvalue weighted by molar-refractivity contribution is 0.0950. The molecule has 5 nitrogen and oxygen atoms in total. The molecule has 29 heavy (non-hydrogen) atoms. The fraction of sp³-hybridized carbons (Fsp3) is 0.0870. The molecule has 5 rings (SSSR count). The molecule has 1 amide bonds. The molecule has 142 valence electrons. The van der Waals surface area contributed by atoms with Crippen molar-refractivity contribution in [1.82, 2.24) is 15.6 Å². The Kier molecular flexibility index (Phi) is 4.48.